The first kappa shape index (κ1) is 15.0. The molecule has 0 fully saturated rings. The number of anilines is 1. The molecule has 0 amide bonds. The van der Waals surface area contributed by atoms with Crippen LogP contribution < -0.4 is 5.32 Å². The van der Waals surface area contributed by atoms with Gasteiger partial charge in [0, 0.05) is 16.6 Å². The second kappa shape index (κ2) is 6.73. The first-order valence-electron chi connectivity index (χ1n) is 6.10. The summed E-state index contributed by atoms with van der Waals surface area (Å²) in [4.78, 5) is 10.6. The predicted molar refractivity (Wildman–Crippen MR) is 78.0 cm³/mol. The minimum Gasteiger partial charge on any atom is -0.377 e. The molecule has 0 aliphatic carbocycles. The molecule has 1 aromatic carbocycles. The molecule has 0 saturated carbocycles. The van der Waals surface area contributed by atoms with E-state index in [0.717, 1.165) is 17.3 Å². The molecule has 1 N–H and O–H groups in total. The first-order valence-corrected chi connectivity index (χ1v) is 6.90. The second-order valence-corrected chi connectivity index (χ2v) is 5.85. The number of halogens is 1. The highest BCUT2D eigenvalue weighted by molar-refractivity contribution is 9.10. The minimum absolute atomic E-state index is 0.112. The lowest BCUT2D eigenvalue weighted by atomic mass is 10.0. The fourth-order valence-electron chi connectivity index (χ4n) is 1.70. The van der Waals surface area contributed by atoms with Crippen molar-refractivity contribution in [3.63, 3.8) is 0 Å². The molecular formula is C13H19BrN2O2. The van der Waals surface area contributed by atoms with Gasteiger partial charge in [0.05, 0.1) is 4.92 Å². The molecule has 0 saturated heterocycles. The molecule has 0 aromatic heterocycles. The molecule has 0 heterocycles. The Morgan fingerprint density at radius 2 is 2.00 bits per heavy atom. The van der Waals surface area contributed by atoms with Gasteiger partial charge in [0.25, 0.3) is 5.69 Å². The average molecular weight is 315 g/mol. The molecule has 1 aromatic rings. The van der Waals surface area contributed by atoms with Crippen LogP contribution in [0, 0.1) is 16.0 Å². The molecule has 100 valence electrons. The van der Waals surface area contributed by atoms with Gasteiger partial charge < -0.3 is 5.32 Å². The SMILES string of the molecule is CC(C)CCC(C)Nc1ccc(Br)cc1[N+](=O)[O-]. The van der Waals surface area contributed by atoms with Crippen LogP contribution in [0.3, 0.4) is 0 Å². The summed E-state index contributed by atoms with van der Waals surface area (Å²) in [5.74, 6) is 0.647. The summed E-state index contributed by atoms with van der Waals surface area (Å²) in [7, 11) is 0. The van der Waals surface area contributed by atoms with Crippen LogP contribution in [0.5, 0.6) is 0 Å². The van der Waals surface area contributed by atoms with E-state index in [1.165, 1.54) is 6.07 Å². The van der Waals surface area contributed by atoms with Crippen molar-refractivity contribution in [3.8, 4) is 0 Å². The van der Waals surface area contributed by atoms with Gasteiger partial charge in [-0.2, -0.15) is 0 Å². The zero-order valence-electron chi connectivity index (χ0n) is 10.9. The Hall–Kier alpha value is -1.10. The van der Waals surface area contributed by atoms with E-state index in [-0.39, 0.29) is 16.7 Å². The minimum atomic E-state index is -0.359. The zero-order chi connectivity index (χ0) is 13.7. The van der Waals surface area contributed by atoms with E-state index in [2.05, 4.69) is 35.1 Å². The Kier molecular flexibility index (Phi) is 5.59. The van der Waals surface area contributed by atoms with Gasteiger partial charge in [-0.3, -0.25) is 10.1 Å². The molecule has 0 bridgehead atoms. The molecule has 0 aliphatic rings. The summed E-state index contributed by atoms with van der Waals surface area (Å²) in [6.07, 6.45) is 2.11. The Morgan fingerprint density at radius 3 is 2.56 bits per heavy atom. The monoisotopic (exact) mass is 314 g/mol. The van der Waals surface area contributed by atoms with E-state index in [1.54, 1.807) is 6.07 Å². The molecule has 0 radical (unpaired) electrons. The summed E-state index contributed by atoms with van der Waals surface area (Å²) < 4.78 is 0.717. The molecule has 4 nitrogen and oxygen atoms in total. The van der Waals surface area contributed by atoms with Gasteiger partial charge in [0.2, 0.25) is 0 Å². The van der Waals surface area contributed by atoms with Crippen LogP contribution in [0.2, 0.25) is 0 Å². The third-order valence-electron chi connectivity index (χ3n) is 2.74. The van der Waals surface area contributed by atoms with Gasteiger partial charge >= 0.3 is 0 Å². The van der Waals surface area contributed by atoms with Gasteiger partial charge in [-0.1, -0.05) is 29.8 Å². The van der Waals surface area contributed by atoms with E-state index in [1.807, 2.05) is 13.0 Å². The third-order valence-corrected chi connectivity index (χ3v) is 3.23. The van der Waals surface area contributed by atoms with Crippen LogP contribution in [-0.2, 0) is 0 Å². The number of nitrogens with zero attached hydrogens (tertiary/aromatic N) is 1. The standard InChI is InChI=1S/C13H19BrN2O2/c1-9(2)4-5-10(3)15-12-7-6-11(14)8-13(12)16(17)18/h6-10,15H,4-5H2,1-3H3. The largest absolute Gasteiger partial charge is 0.377 e. The fourth-order valence-corrected chi connectivity index (χ4v) is 2.05. The molecule has 5 heteroatoms. The zero-order valence-corrected chi connectivity index (χ0v) is 12.5. The van der Waals surface area contributed by atoms with Gasteiger partial charge in [0.15, 0.2) is 0 Å². The van der Waals surface area contributed by atoms with Gasteiger partial charge in [-0.05, 0) is 37.8 Å². The molecule has 0 aliphatic heterocycles. The molecule has 0 spiro atoms. The molecule has 1 rings (SSSR count). The van der Waals surface area contributed by atoms with Crippen molar-refractivity contribution >= 4 is 27.3 Å². The van der Waals surface area contributed by atoms with Gasteiger partial charge in [-0.15, -0.1) is 0 Å². The summed E-state index contributed by atoms with van der Waals surface area (Å²) in [5, 5.41) is 14.2. The number of nitrogens with one attached hydrogen (secondary N) is 1. The lowest BCUT2D eigenvalue weighted by Crippen LogP contribution is -2.16. The molecule has 1 unspecified atom stereocenters. The summed E-state index contributed by atoms with van der Waals surface area (Å²) in [5.41, 5.74) is 0.695. The Labute approximate surface area is 116 Å². The van der Waals surface area contributed by atoms with Crippen LogP contribution in [0.25, 0.3) is 0 Å². The lowest BCUT2D eigenvalue weighted by molar-refractivity contribution is -0.384. The van der Waals surface area contributed by atoms with Crippen molar-refractivity contribution in [2.75, 3.05) is 5.32 Å². The average Bonchev–Trinajstić information content (AvgIpc) is 2.28. The highest BCUT2D eigenvalue weighted by atomic mass is 79.9. The van der Waals surface area contributed by atoms with E-state index in [9.17, 15) is 10.1 Å². The number of hydrogen-bond acceptors (Lipinski definition) is 3. The van der Waals surface area contributed by atoms with Crippen molar-refractivity contribution in [2.45, 2.75) is 39.7 Å². The van der Waals surface area contributed by atoms with E-state index in [0.29, 0.717) is 11.6 Å². The van der Waals surface area contributed by atoms with Gasteiger partial charge in [0.1, 0.15) is 5.69 Å². The van der Waals surface area contributed by atoms with Crippen LogP contribution >= 0.6 is 15.9 Å². The van der Waals surface area contributed by atoms with Crippen molar-refractivity contribution in [2.24, 2.45) is 5.92 Å². The quantitative estimate of drug-likeness (QED) is 0.617. The maximum Gasteiger partial charge on any atom is 0.293 e. The van der Waals surface area contributed by atoms with Gasteiger partial charge in [-0.25, -0.2) is 0 Å². The van der Waals surface area contributed by atoms with Crippen molar-refractivity contribution < 1.29 is 4.92 Å². The van der Waals surface area contributed by atoms with Crippen molar-refractivity contribution in [1.29, 1.82) is 0 Å². The number of hydrogen-bond donors (Lipinski definition) is 1. The normalized spacial score (nSPS) is 12.5. The predicted octanol–water partition coefficient (Wildman–Crippen LogP) is 4.59. The van der Waals surface area contributed by atoms with Crippen molar-refractivity contribution in [1.82, 2.24) is 0 Å². The Bertz CT molecular complexity index is 421. The van der Waals surface area contributed by atoms with Crippen LogP contribution in [-0.4, -0.2) is 11.0 Å². The second-order valence-electron chi connectivity index (χ2n) is 4.94. The topological polar surface area (TPSA) is 55.2 Å². The Morgan fingerprint density at radius 1 is 1.33 bits per heavy atom. The number of benzene rings is 1. The number of nitro groups is 1. The van der Waals surface area contributed by atoms with Crippen LogP contribution in [0.4, 0.5) is 11.4 Å². The smallest absolute Gasteiger partial charge is 0.293 e. The van der Waals surface area contributed by atoms with Crippen LogP contribution in [0.15, 0.2) is 22.7 Å². The maximum absolute atomic E-state index is 11.0. The lowest BCUT2D eigenvalue weighted by Gasteiger charge is -2.16. The van der Waals surface area contributed by atoms with Crippen molar-refractivity contribution in [3.05, 3.63) is 32.8 Å². The first-order chi connectivity index (χ1) is 8.40. The number of rotatable bonds is 6. The molecule has 18 heavy (non-hydrogen) atoms. The summed E-state index contributed by atoms with van der Waals surface area (Å²) in [6.45, 7) is 6.40. The molecular weight excluding hydrogens is 296 g/mol. The summed E-state index contributed by atoms with van der Waals surface area (Å²) >= 11 is 3.25. The maximum atomic E-state index is 11.0. The Balaban J connectivity index is 2.74. The highest BCUT2D eigenvalue weighted by Gasteiger charge is 2.15. The van der Waals surface area contributed by atoms with E-state index in [4.69, 9.17) is 0 Å². The van der Waals surface area contributed by atoms with E-state index >= 15 is 0 Å². The fraction of sp³-hybridized carbons (Fsp3) is 0.538. The highest BCUT2D eigenvalue weighted by Crippen LogP contribution is 2.29. The third kappa shape index (κ3) is 4.64. The summed E-state index contributed by atoms with van der Waals surface area (Å²) in [6, 6.07) is 5.31. The van der Waals surface area contributed by atoms with E-state index < -0.39 is 0 Å². The van der Waals surface area contributed by atoms with Crippen LogP contribution in [0.1, 0.15) is 33.6 Å². The number of nitro benzene ring substituents is 1. The molecule has 1 atom stereocenters.